The molecule has 23 heavy (non-hydrogen) atoms. The van der Waals surface area contributed by atoms with E-state index in [0.717, 1.165) is 5.76 Å². The van der Waals surface area contributed by atoms with Crippen LogP contribution in [0.2, 0.25) is 0 Å². The van der Waals surface area contributed by atoms with Crippen LogP contribution in [0.5, 0.6) is 0 Å². The lowest BCUT2D eigenvalue weighted by molar-refractivity contribution is 0.228. The average molecular weight is 324 g/mol. The van der Waals surface area contributed by atoms with Crippen LogP contribution in [0.15, 0.2) is 21.0 Å². The summed E-state index contributed by atoms with van der Waals surface area (Å²) in [5, 5.41) is 16.8. The second-order valence-electron chi connectivity index (χ2n) is 5.97. The van der Waals surface area contributed by atoms with Crippen LogP contribution in [0.25, 0.3) is 0 Å². The molecule has 0 unspecified atom stereocenters. The third kappa shape index (κ3) is 3.70. The summed E-state index contributed by atoms with van der Waals surface area (Å²) in [4.78, 5) is 3.89. The van der Waals surface area contributed by atoms with E-state index in [1.807, 2.05) is 18.0 Å². The van der Waals surface area contributed by atoms with Gasteiger partial charge < -0.3 is 18.8 Å². The standard InChI is InChI=1S/C15H21FN4O3/c1-10-17-18-15(22-10)20-6-11(16)5-12(20)7-19(2)8-13-3-4-14(9-21)23-13/h3-4,11-12,21H,5-9H2,1-2H3/t11-,12-/m0/s1. The second-order valence-corrected chi connectivity index (χ2v) is 5.97. The van der Waals surface area contributed by atoms with E-state index < -0.39 is 6.17 Å². The molecule has 0 radical (unpaired) electrons. The minimum Gasteiger partial charge on any atom is -0.462 e. The van der Waals surface area contributed by atoms with Gasteiger partial charge >= 0.3 is 6.01 Å². The van der Waals surface area contributed by atoms with Gasteiger partial charge in [-0.05, 0) is 19.2 Å². The third-order valence-corrected chi connectivity index (χ3v) is 3.95. The van der Waals surface area contributed by atoms with Gasteiger partial charge in [-0.25, -0.2) is 4.39 Å². The fraction of sp³-hybridized carbons (Fsp3) is 0.600. The van der Waals surface area contributed by atoms with E-state index in [4.69, 9.17) is 13.9 Å². The van der Waals surface area contributed by atoms with Gasteiger partial charge in [0.15, 0.2) is 0 Å². The van der Waals surface area contributed by atoms with Crippen LogP contribution in [0.3, 0.4) is 0 Å². The van der Waals surface area contributed by atoms with Gasteiger partial charge in [-0.2, -0.15) is 0 Å². The fourth-order valence-electron chi connectivity index (χ4n) is 2.95. The summed E-state index contributed by atoms with van der Waals surface area (Å²) in [6.45, 7) is 3.12. The van der Waals surface area contributed by atoms with Gasteiger partial charge in [0.2, 0.25) is 5.89 Å². The molecule has 0 aromatic carbocycles. The normalized spacial score (nSPS) is 21.5. The highest BCUT2D eigenvalue weighted by molar-refractivity contribution is 5.30. The minimum atomic E-state index is -0.898. The number of likely N-dealkylation sites (N-methyl/N-ethyl adjacent to an activating group) is 1. The van der Waals surface area contributed by atoms with Crippen LogP contribution >= 0.6 is 0 Å². The van der Waals surface area contributed by atoms with Crippen molar-refractivity contribution in [3.8, 4) is 0 Å². The number of hydrogen-bond donors (Lipinski definition) is 1. The lowest BCUT2D eigenvalue weighted by atomic mass is 10.2. The Labute approximate surface area is 133 Å². The number of furan rings is 1. The summed E-state index contributed by atoms with van der Waals surface area (Å²) in [6, 6.07) is 3.95. The van der Waals surface area contributed by atoms with Gasteiger partial charge in [0.25, 0.3) is 0 Å². The molecule has 1 saturated heterocycles. The Bertz CT molecular complexity index is 644. The monoisotopic (exact) mass is 324 g/mol. The van der Waals surface area contributed by atoms with Crippen LogP contribution in [0.4, 0.5) is 10.4 Å². The molecule has 126 valence electrons. The molecule has 1 N–H and O–H groups in total. The summed E-state index contributed by atoms with van der Waals surface area (Å²) in [7, 11) is 1.95. The summed E-state index contributed by atoms with van der Waals surface area (Å²) < 4.78 is 24.8. The molecule has 2 atom stereocenters. The molecule has 3 rings (SSSR count). The van der Waals surface area contributed by atoms with Gasteiger partial charge in [-0.15, -0.1) is 5.10 Å². The van der Waals surface area contributed by atoms with Crippen molar-refractivity contribution in [2.45, 2.75) is 38.7 Å². The van der Waals surface area contributed by atoms with Crippen LogP contribution in [-0.2, 0) is 13.2 Å². The number of alkyl halides is 1. The fourth-order valence-corrected chi connectivity index (χ4v) is 2.95. The first-order valence-corrected chi connectivity index (χ1v) is 7.63. The van der Waals surface area contributed by atoms with Crippen molar-refractivity contribution in [3.63, 3.8) is 0 Å². The van der Waals surface area contributed by atoms with Gasteiger partial charge in [0.1, 0.15) is 24.3 Å². The highest BCUT2D eigenvalue weighted by Crippen LogP contribution is 2.27. The molecule has 3 heterocycles. The largest absolute Gasteiger partial charge is 0.462 e. The highest BCUT2D eigenvalue weighted by atomic mass is 19.1. The number of rotatable bonds is 6. The first kappa shape index (κ1) is 15.9. The van der Waals surface area contributed by atoms with Crippen molar-refractivity contribution in [3.05, 3.63) is 29.5 Å². The summed E-state index contributed by atoms with van der Waals surface area (Å²) in [5.74, 6) is 1.79. The Morgan fingerprint density at radius 2 is 2.13 bits per heavy atom. The zero-order valence-electron chi connectivity index (χ0n) is 13.3. The molecule has 1 aliphatic rings. The van der Waals surface area contributed by atoms with Crippen LogP contribution in [-0.4, -0.2) is 52.6 Å². The van der Waals surface area contributed by atoms with Crippen molar-refractivity contribution in [2.75, 3.05) is 25.0 Å². The Morgan fingerprint density at radius 3 is 2.78 bits per heavy atom. The first-order chi connectivity index (χ1) is 11.0. The maximum absolute atomic E-state index is 13.8. The predicted octanol–water partition coefficient (Wildman–Crippen LogP) is 1.51. The Hall–Kier alpha value is -1.93. The van der Waals surface area contributed by atoms with E-state index in [1.165, 1.54) is 0 Å². The molecule has 0 aliphatic carbocycles. The number of nitrogens with zero attached hydrogens (tertiary/aromatic N) is 4. The zero-order chi connectivity index (χ0) is 16.4. The average Bonchev–Trinajstić information content (AvgIpc) is 3.20. The number of halogens is 1. The van der Waals surface area contributed by atoms with Gasteiger partial charge in [0.05, 0.1) is 13.1 Å². The number of anilines is 1. The number of aromatic nitrogens is 2. The Kier molecular flexibility index (Phi) is 4.63. The molecule has 1 fully saturated rings. The number of aryl methyl sites for hydroxylation is 1. The molecule has 2 aromatic rings. The molecule has 7 nitrogen and oxygen atoms in total. The number of aliphatic hydroxyl groups excluding tert-OH is 1. The van der Waals surface area contributed by atoms with Crippen molar-refractivity contribution < 1.29 is 18.3 Å². The molecular formula is C15H21FN4O3. The maximum atomic E-state index is 13.8. The van der Waals surface area contributed by atoms with E-state index in [0.29, 0.717) is 37.2 Å². The van der Waals surface area contributed by atoms with E-state index in [1.54, 1.807) is 13.0 Å². The zero-order valence-corrected chi connectivity index (χ0v) is 13.3. The van der Waals surface area contributed by atoms with Crippen LogP contribution in [0, 0.1) is 6.92 Å². The van der Waals surface area contributed by atoms with Crippen LogP contribution < -0.4 is 4.90 Å². The van der Waals surface area contributed by atoms with Gasteiger partial charge in [0, 0.05) is 25.9 Å². The van der Waals surface area contributed by atoms with E-state index in [9.17, 15) is 4.39 Å². The SMILES string of the molecule is Cc1nnc(N2C[C@@H](F)C[C@H]2CN(C)Cc2ccc(CO)o2)o1. The summed E-state index contributed by atoms with van der Waals surface area (Å²) in [5.41, 5.74) is 0. The van der Waals surface area contributed by atoms with Crippen LogP contribution in [0.1, 0.15) is 23.8 Å². The molecule has 0 saturated carbocycles. The predicted molar refractivity (Wildman–Crippen MR) is 80.6 cm³/mol. The summed E-state index contributed by atoms with van der Waals surface area (Å²) >= 11 is 0. The van der Waals surface area contributed by atoms with E-state index in [-0.39, 0.29) is 19.2 Å². The second kappa shape index (κ2) is 6.67. The molecule has 0 bridgehead atoms. The molecule has 0 spiro atoms. The van der Waals surface area contributed by atoms with Gasteiger partial charge in [-0.1, -0.05) is 5.10 Å². The smallest absolute Gasteiger partial charge is 0.318 e. The quantitative estimate of drug-likeness (QED) is 0.863. The lowest BCUT2D eigenvalue weighted by Crippen LogP contribution is -2.38. The molecular weight excluding hydrogens is 303 g/mol. The third-order valence-electron chi connectivity index (χ3n) is 3.95. The maximum Gasteiger partial charge on any atom is 0.318 e. The highest BCUT2D eigenvalue weighted by Gasteiger charge is 2.35. The number of hydrogen-bond acceptors (Lipinski definition) is 7. The lowest BCUT2D eigenvalue weighted by Gasteiger charge is -2.26. The van der Waals surface area contributed by atoms with Crippen molar-refractivity contribution in [1.82, 2.24) is 15.1 Å². The molecule has 2 aromatic heterocycles. The molecule has 8 heteroatoms. The first-order valence-electron chi connectivity index (χ1n) is 7.63. The minimum absolute atomic E-state index is 0.0258. The van der Waals surface area contributed by atoms with Crippen molar-refractivity contribution >= 4 is 6.01 Å². The van der Waals surface area contributed by atoms with E-state index >= 15 is 0 Å². The van der Waals surface area contributed by atoms with Gasteiger partial charge in [-0.3, -0.25) is 4.90 Å². The molecule has 1 aliphatic heterocycles. The topological polar surface area (TPSA) is 78.8 Å². The van der Waals surface area contributed by atoms with Crippen molar-refractivity contribution in [1.29, 1.82) is 0 Å². The van der Waals surface area contributed by atoms with E-state index in [2.05, 4.69) is 15.1 Å². The Morgan fingerprint density at radius 1 is 1.35 bits per heavy atom. The summed E-state index contributed by atoms with van der Waals surface area (Å²) in [6.07, 6.45) is -0.462. The number of aliphatic hydroxyl groups is 1. The molecule has 0 amide bonds. The Balaban J connectivity index is 1.62. The van der Waals surface area contributed by atoms with Crippen molar-refractivity contribution in [2.24, 2.45) is 0 Å².